The lowest BCUT2D eigenvalue weighted by Gasteiger charge is -2.40. The fourth-order valence-corrected chi connectivity index (χ4v) is 4.45. The molecule has 1 saturated heterocycles. The first-order valence-electron chi connectivity index (χ1n) is 12.6. The molecule has 2 fully saturated rings. The van der Waals surface area contributed by atoms with Crippen LogP contribution in [0.4, 0.5) is 16.2 Å². The Morgan fingerprint density at radius 3 is 2.23 bits per heavy atom. The number of carbonyl (C=O) groups excluding carboxylic acids is 2. The standard InChI is InChI=1S/C28H38N4O3/c1-20-17-31(15-16-32(20)19-22-9-10-22)18-21-11-13-23(14-12-21)26(33)29-24-7-5-6-8-25(24)30-27(34)35-28(2,3)4/h5-8,11-14,20,22H,9-10,15-19H2,1-4H3,(H,29,33)(H,30,34). The second-order valence-corrected chi connectivity index (χ2v) is 10.8. The van der Waals surface area contributed by atoms with Gasteiger partial charge in [0.15, 0.2) is 0 Å². The van der Waals surface area contributed by atoms with Gasteiger partial charge in [0.1, 0.15) is 5.60 Å². The smallest absolute Gasteiger partial charge is 0.412 e. The van der Waals surface area contributed by atoms with Crippen molar-refractivity contribution in [3.63, 3.8) is 0 Å². The summed E-state index contributed by atoms with van der Waals surface area (Å²) in [5.41, 5.74) is 2.18. The molecule has 2 aromatic carbocycles. The average Bonchev–Trinajstić information content (AvgIpc) is 3.60. The van der Waals surface area contributed by atoms with Crippen LogP contribution in [0.3, 0.4) is 0 Å². The van der Waals surface area contributed by atoms with Crippen LogP contribution in [0.1, 0.15) is 56.5 Å². The normalized spacial score (nSPS) is 19.3. The summed E-state index contributed by atoms with van der Waals surface area (Å²) in [6.45, 7) is 13.2. The van der Waals surface area contributed by atoms with Crippen molar-refractivity contribution < 1.29 is 14.3 Å². The monoisotopic (exact) mass is 478 g/mol. The molecule has 1 heterocycles. The zero-order valence-corrected chi connectivity index (χ0v) is 21.3. The molecule has 0 radical (unpaired) electrons. The predicted octanol–water partition coefficient (Wildman–Crippen LogP) is 5.20. The van der Waals surface area contributed by atoms with E-state index in [9.17, 15) is 9.59 Å². The molecule has 1 saturated carbocycles. The number of nitrogens with zero attached hydrogens (tertiary/aromatic N) is 2. The van der Waals surface area contributed by atoms with Crippen molar-refractivity contribution in [2.75, 3.05) is 36.8 Å². The van der Waals surface area contributed by atoms with Gasteiger partial charge in [0, 0.05) is 44.3 Å². The van der Waals surface area contributed by atoms with Crippen molar-refractivity contribution >= 4 is 23.4 Å². The van der Waals surface area contributed by atoms with Gasteiger partial charge in [-0.05, 0) is 76.3 Å². The summed E-state index contributed by atoms with van der Waals surface area (Å²) < 4.78 is 5.32. The van der Waals surface area contributed by atoms with E-state index in [0.717, 1.165) is 32.1 Å². The Kier molecular flexibility index (Phi) is 7.77. The number of para-hydroxylation sites is 2. The van der Waals surface area contributed by atoms with E-state index in [2.05, 4.69) is 27.4 Å². The molecule has 1 atom stereocenters. The Balaban J connectivity index is 1.31. The Labute approximate surface area is 208 Å². The molecule has 1 aliphatic heterocycles. The maximum Gasteiger partial charge on any atom is 0.412 e. The number of nitrogens with one attached hydrogen (secondary N) is 2. The second-order valence-electron chi connectivity index (χ2n) is 10.8. The summed E-state index contributed by atoms with van der Waals surface area (Å²) in [5.74, 6) is 0.708. The molecule has 0 aromatic heterocycles. The minimum atomic E-state index is -0.605. The van der Waals surface area contributed by atoms with Gasteiger partial charge in [-0.15, -0.1) is 0 Å². The van der Waals surface area contributed by atoms with Gasteiger partial charge >= 0.3 is 6.09 Å². The maximum absolute atomic E-state index is 12.9. The number of hydrogen-bond donors (Lipinski definition) is 2. The molecular weight excluding hydrogens is 440 g/mol. The molecule has 1 aliphatic carbocycles. The Morgan fingerprint density at radius 1 is 0.971 bits per heavy atom. The van der Waals surface area contributed by atoms with Gasteiger partial charge in [-0.25, -0.2) is 4.79 Å². The zero-order chi connectivity index (χ0) is 25.0. The van der Waals surface area contributed by atoms with E-state index >= 15 is 0 Å². The molecule has 4 rings (SSSR count). The number of rotatable bonds is 7. The molecule has 0 spiro atoms. The molecule has 7 heteroatoms. The fraction of sp³-hybridized carbons (Fsp3) is 0.500. The Morgan fingerprint density at radius 2 is 1.63 bits per heavy atom. The van der Waals surface area contributed by atoms with Crippen LogP contribution in [-0.2, 0) is 11.3 Å². The highest BCUT2D eigenvalue weighted by atomic mass is 16.6. The quantitative estimate of drug-likeness (QED) is 0.572. The lowest BCUT2D eigenvalue weighted by Crippen LogP contribution is -2.51. The third kappa shape index (κ3) is 7.54. The van der Waals surface area contributed by atoms with Crippen molar-refractivity contribution in [3.8, 4) is 0 Å². The average molecular weight is 479 g/mol. The van der Waals surface area contributed by atoms with Gasteiger partial charge in [0.25, 0.3) is 5.91 Å². The summed E-state index contributed by atoms with van der Waals surface area (Å²) in [5, 5.41) is 5.62. The van der Waals surface area contributed by atoms with Gasteiger partial charge in [-0.3, -0.25) is 19.9 Å². The molecule has 2 N–H and O–H groups in total. The molecule has 2 aromatic rings. The number of ether oxygens (including phenoxy) is 1. The minimum Gasteiger partial charge on any atom is -0.444 e. The summed E-state index contributed by atoms with van der Waals surface area (Å²) in [6.07, 6.45) is 2.24. The molecule has 2 amide bonds. The Bertz CT molecular complexity index is 1030. The third-order valence-corrected chi connectivity index (χ3v) is 6.47. The highest BCUT2D eigenvalue weighted by Crippen LogP contribution is 2.31. The van der Waals surface area contributed by atoms with Gasteiger partial charge in [0.05, 0.1) is 11.4 Å². The van der Waals surface area contributed by atoms with Crippen LogP contribution in [-0.4, -0.2) is 59.6 Å². The topological polar surface area (TPSA) is 73.9 Å². The molecular formula is C28H38N4O3. The number of benzene rings is 2. The van der Waals surface area contributed by atoms with Crippen LogP contribution in [0.2, 0.25) is 0 Å². The van der Waals surface area contributed by atoms with Crippen molar-refractivity contribution in [2.45, 2.75) is 58.7 Å². The van der Waals surface area contributed by atoms with Crippen LogP contribution < -0.4 is 10.6 Å². The predicted molar refractivity (Wildman–Crippen MR) is 140 cm³/mol. The van der Waals surface area contributed by atoms with Gasteiger partial charge in [-0.2, -0.15) is 0 Å². The molecule has 1 unspecified atom stereocenters. The maximum atomic E-state index is 12.9. The first-order valence-corrected chi connectivity index (χ1v) is 12.6. The SMILES string of the molecule is CC1CN(Cc2ccc(C(=O)Nc3ccccc3NC(=O)OC(C)(C)C)cc2)CCN1CC1CC1. The van der Waals surface area contributed by atoms with E-state index in [-0.39, 0.29) is 5.91 Å². The number of piperazine rings is 1. The van der Waals surface area contributed by atoms with E-state index < -0.39 is 11.7 Å². The summed E-state index contributed by atoms with van der Waals surface area (Å²) in [4.78, 5) is 30.2. The van der Waals surface area contributed by atoms with E-state index in [1.54, 1.807) is 39.0 Å². The first kappa shape index (κ1) is 25.2. The van der Waals surface area contributed by atoms with Gasteiger partial charge in [-0.1, -0.05) is 24.3 Å². The van der Waals surface area contributed by atoms with Crippen molar-refractivity contribution in [2.24, 2.45) is 5.92 Å². The molecule has 35 heavy (non-hydrogen) atoms. The second kappa shape index (κ2) is 10.8. The number of amides is 2. The van der Waals surface area contributed by atoms with Crippen molar-refractivity contribution in [1.29, 1.82) is 0 Å². The minimum absolute atomic E-state index is 0.225. The summed E-state index contributed by atoms with van der Waals surface area (Å²) in [7, 11) is 0. The van der Waals surface area contributed by atoms with Crippen LogP contribution in [0.5, 0.6) is 0 Å². The van der Waals surface area contributed by atoms with Crippen molar-refractivity contribution in [1.82, 2.24) is 9.80 Å². The number of carbonyl (C=O) groups is 2. The molecule has 7 nitrogen and oxygen atoms in total. The van der Waals surface area contributed by atoms with E-state index in [0.29, 0.717) is 23.0 Å². The first-order chi connectivity index (χ1) is 16.7. The van der Waals surface area contributed by atoms with Crippen molar-refractivity contribution in [3.05, 3.63) is 59.7 Å². The Hall–Kier alpha value is -2.90. The molecule has 2 aliphatic rings. The highest BCUT2D eigenvalue weighted by Gasteiger charge is 2.30. The van der Waals surface area contributed by atoms with Crippen LogP contribution >= 0.6 is 0 Å². The highest BCUT2D eigenvalue weighted by molar-refractivity contribution is 6.06. The van der Waals surface area contributed by atoms with Gasteiger partial charge in [0.2, 0.25) is 0 Å². The van der Waals surface area contributed by atoms with Crippen LogP contribution in [0.15, 0.2) is 48.5 Å². The van der Waals surface area contributed by atoms with E-state index in [1.165, 1.54) is 24.9 Å². The largest absolute Gasteiger partial charge is 0.444 e. The lowest BCUT2D eigenvalue weighted by atomic mass is 10.1. The summed E-state index contributed by atoms with van der Waals surface area (Å²) in [6, 6.07) is 15.5. The zero-order valence-electron chi connectivity index (χ0n) is 21.3. The van der Waals surface area contributed by atoms with E-state index in [4.69, 9.17) is 4.74 Å². The number of anilines is 2. The molecule has 0 bridgehead atoms. The number of hydrogen-bond acceptors (Lipinski definition) is 5. The third-order valence-electron chi connectivity index (χ3n) is 6.47. The molecule has 188 valence electrons. The lowest BCUT2D eigenvalue weighted by molar-refractivity contribution is 0.0635. The van der Waals surface area contributed by atoms with Gasteiger partial charge < -0.3 is 10.1 Å². The summed E-state index contributed by atoms with van der Waals surface area (Å²) >= 11 is 0. The fourth-order valence-electron chi connectivity index (χ4n) is 4.45. The van der Waals surface area contributed by atoms with Crippen LogP contribution in [0.25, 0.3) is 0 Å². The van der Waals surface area contributed by atoms with Crippen LogP contribution in [0, 0.1) is 5.92 Å². The van der Waals surface area contributed by atoms with E-state index in [1.807, 2.05) is 30.3 Å².